The number of hydrogen-bond acceptors (Lipinski definition) is 3. The highest BCUT2D eigenvalue weighted by Gasteiger charge is 2.33. The van der Waals surface area contributed by atoms with Crippen LogP contribution in [0.1, 0.15) is 13.8 Å². The summed E-state index contributed by atoms with van der Waals surface area (Å²) < 4.78 is 25.8. The standard InChI is InChI=1S/C11H15Cl2NO3S/c1-11(2,7-15)14(3)18(16,17)10-5-8(12)4-9(13)6-10/h4-6,15H,7H2,1-3H3. The second-order valence-electron chi connectivity index (χ2n) is 4.55. The molecule has 0 aliphatic carbocycles. The third-order valence-corrected chi connectivity index (χ3v) is 5.22. The molecule has 0 amide bonds. The first kappa shape index (κ1) is 15.7. The molecule has 0 saturated heterocycles. The molecular formula is C11H15Cl2NO3S. The van der Waals surface area contributed by atoms with Gasteiger partial charge in [-0.25, -0.2) is 8.42 Å². The molecule has 0 heterocycles. The van der Waals surface area contributed by atoms with Crippen molar-refractivity contribution >= 4 is 33.2 Å². The highest BCUT2D eigenvalue weighted by atomic mass is 35.5. The van der Waals surface area contributed by atoms with Gasteiger partial charge in [-0.05, 0) is 32.0 Å². The summed E-state index contributed by atoms with van der Waals surface area (Å²) in [6, 6.07) is 4.11. The molecule has 1 rings (SSSR count). The fourth-order valence-electron chi connectivity index (χ4n) is 1.26. The summed E-state index contributed by atoms with van der Waals surface area (Å²) in [6.07, 6.45) is 0. The van der Waals surface area contributed by atoms with Crippen molar-refractivity contribution in [3.8, 4) is 0 Å². The first-order valence-corrected chi connectivity index (χ1v) is 7.37. The van der Waals surface area contributed by atoms with Crippen LogP contribution < -0.4 is 0 Å². The molecule has 4 nitrogen and oxygen atoms in total. The quantitative estimate of drug-likeness (QED) is 0.929. The van der Waals surface area contributed by atoms with Gasteiger partial charge in [0.1, 0.15) is 0 Å². The molecule has 0 saturated carbocycles. The highest BCUT2D eigenvalue weighted by Crippen LogP contribution is 2.27. The summed E-state index contributed by atoms with van der Waals surface area (Å²) in [5, 5.41) is 9.72. The number of benzene rings is 1. The van der Waals surface area contributed by atoms with E-state index in [2.05, 4.69) is 0 Å². The van der Waals surface area contributed by atoms with Gasteiger partial charge in [0.05, 0.1) is 17.0 Å². The topological polar surface area (TPSA) is 57.6 Å². The van der Waals surface area contributed by atoms with Crippen LogP contribution in [0.4, 0.5) is 0 Å². The molecular weight excluding hydrogens is 297 g/mol. The first-order valence-electron chi connectivity index (χ1n) is 5.17. The predicted octanol–water partition coefficient (Wildman–Crippen LogP) is 2.38. The van der Waals surface area contributed by atoms with Crippen molar-refractivity contribution in [3.63, 3.8) is 0 Å². The maximum Gasteiger partial charge on any atom is 0.243 e. The zero-order valence-corrected chi connectivity index (χ0v) is 12.6. The van der Waals surface area contributed by atoms with Crippen molar-refractivity contribution < 1.29 is 13.5 Å². The molecule has 0 aliphatic heterocycles. The van der Waals surface area contributed by atoms with Crippen LogP contribution in [0.2, 0.25) is 10.0 Å². The SMILES string of the molecule is CN(C(C)(C)CO)S(=O)(=O)c1cc(Cl)cc(Cl)c1. The molecule has 0 aliphatic rings. The number of likely N-dealkylation sites (N-methyl/N-ethyl adjacent to an activating group) is 1. The normalized spacial score (nSPS) is 13.1. The molecule has 0 spiro atoms. The van der Waals surface area contributed by atoms with Gasteiger partial charge < -0.3 is 5.11 Å². The average Bonchev–Trinajstić information content (AvgIpc) is 2.26. The van der Waals surface area contributed by atoms with E-state index >= 15 is 0 Å². The molecule has 1 aromatic carbocycles. The van der Waals surface area contributed by atoms with Crippen LogP contribution in [-0.2, 0) is 10.0 Å². The zero-order valence-electron chi connectivity index (χ0n) is 10.3. The molecule has 7 heteroatoms. The second kappa shape index (κ2) is 5.35. The van der Waals surface area contributed by atoms with Gasteiger partial charge in [-0.1, -0.05) is 23.2 Å². The molecule has 0 atom stereocenters. The van der Waals surface area contributed by atoms with E-state index in [1.165, 1.54) is 25.2 Å². The number of aliphatic hydroxyl groups is 1. The number of sulfonamides is 1. The van der Waals surface area contributed by atoms with Crippen molar-refractivity contribution in [2.24, 2.45) is 0 Å². The minimum absolute atomic E-state index is 0.00373. The molecule has 0 unspecified atom stereocenters. The smallest absolute Gasteiger partial charge is 0.243 e. The molecule has 0 radical (unpaired) electrons. The van der Waals surface area contributed by atoms with Crippen LogP contribution in [0.25, 0.3) is 0 Å². The van der Waals surface area contributed by atoms with Gasteiger partial charge in [0.2, 0.25) is 10.0 Å². The van der Waals surface area contributed by atoms with Crippen LogP contribution in [0, 0.1) is 0 Å². The Bertz CT molecular complexity index is 523. The Morgan fingerprint density at radius 2 is 1.67 bits per heavy atom. The molecule has 1 aromatic rings. The molecule has 102 valence electrons. The Kier molecular flexibility index (Phi) is 4.67. The Labute approximate surface area is 117 Å². The molecule has 0 bridgehead atoms. The Hall–Kier alpha value is -0.330. The van der Waals surface area contributed by atoms with Crippen LogP contribution in [-0.4, -0.2) is 37.0 Å². The third-order valence-electron chi connectivity index (χ3n) is 2.73. The van der Waals surface area contributed by atoms with Gasteiger partial charge in [-0.2, -0.15) is 4.31 Å². The lowest BCUT2D eigenvalue weighted by Crippen LogP contribution is -2.47. The third kappa shape index (κ3) is 3.16. The number of halogens is 2. The largest absolute Gasteiger partial charge is 0.394 e. The summed E-state index contributed by atoms with van der Waals surface area (Å²) in [5.41, 5.74) is -0.909. The van der Waals surface area contributed by atoms with Crippen LogP contribution in [0.15, 0.2) is 23.1 Å². The zero-order chi connectivity index (χ0) is 14.1. The number of aliphatic hydroxyl groups excluding tert-OH is 1. The van der Waals surface area contributed by atoms with Crippen molar-refractivity contribution in [3.05, 3.63) is 28.2 Å². The summed E-state index contributed by atoms with van der Waals surface area (Å²) in [6.45, 7) is 2.95. The summed E-state index contributed by atoms with van der Waals surface area (Å²) in [5.74, 6) is 0. The van der Waals surface area contributed by atoms with Crippen LogP contribution in [0.3, 0.4) is 0 Å². The fraction of sp³-hybridized carbons (Fsp3) is 0.455. The predicted molar refractivity (Wildman–Crippen MR) is 72.6 cm³/mol. The summed E-state index contributed by atoms with van der Waals surface area (Å²) in [4.78, 5) is 0.00373. The van der Waals surface area contributed by atoms with Gasteiger partial charge >= 0.3 is 0 Å². The molecule has 1 N–H and O–H groups in total. The van der Waals surface area contributed by atoms with Crippen LogP contribution >= 0.6 is 23.2 Å². The summed E-state index contributed by atoms with van der Waals surface area (Å²) >= 11 is 11.6. The van der Waals surface area contributed by atoms with Crippen LogP contribution in [0.5, 0.6) is 0 Å². The maximum atomic E-state index is 12.3. The van der Waals surface area contributed by atoms with E-state index in [1.807, 2.05) is 0 Å². The van der Waals surface area contributed by atoms with Gasteiger partial charge in [-0.3, -0.25) is 0 Å². The Morgan fingerprint density at radius 1 is 1.22 bits per heavy atom. The maximum absolute atomic E-state index is 12.3. The lowest BCUT2D eigenvalue weighted by molar-refractivity contribution is 0.138. The lowest BCUT2D eigenvalue weighted by Gasteiger charge is -2.32. The number of rotatable bonds is 4. The van der Waals surface area contributed by atoms with Gasteiger partial charge in [0, 0.05) is 17.1 Å². The minimum atomic E-state index is -3.75. The van der Waals surface area contributed by atoms with Crippen molar-refractivity contribution in [2.75, 3.05) is 13.7 Å². The average molecular weight is 312 g/mol. The molecule has 0 fully saturated rings. The second-order valence-corrected chi connectivity index (χ2v) is 7.39. The van der Waals surface area contributed by atoms with Crippen molar-refractivity contribution in [1.29, 1.82) is 0 Å². The van der Waals surface area contributed by atoms with Gasteiger partial charge in [0.25, 0.3) is 0 Å². The fourth-order valence-corrected chi connectivity index (χ4v) is 3.49. The van der Waals surface area contributed by atoms with E-state index in [1.54, 1.807) is 13.8 Å². The first-order chi connectivity index (χ1) is 8.11. The van der Waals surface area contributed by atoms with Gasteiger partial charge in [-0.15, -0.1) is 0 Å². The van der Waals surface area contributed by atoms with Gasteiger partial charge in [0.15, 0.2) is 0 Å². The highest BCUT2D eigenvalue weighted by molar-refractivity contribution is 7.89. The summed E-state index contributed by atoms with van der Waals surface area (Å²) in [7, 11) is -2.35. The Balaban J connectivity index is 3.30. The molecule has 0 aromatic heterocycles. The van der Waals surface area contributed by atoms with E-state index in [0.29, 0.717) is 0 Å². The van der Waals surface area contributed by atoms with E-state index in [0.717, 1.165) is 4.31 Å². The monoisotopic (exact) mass is 311 g/mol. The van der Waals surface area contributed by atoms with E-state index in [-0.39, 0.29) is 21.5 Å². The number of hydrogen-bond donors (Lipinski definition) is 1. The minimum Gasteiger partial charge on any atom is -0.394 e. The van der Waals surface area contributed by atoms with E-state index < -0.39 is 15.6 Å². The van der Waals surface area contributed by atoms with E-state index in [9.17, 15) is 13.5 Å². The van der Waals surface area contributed by atoms with E-state index in [4.69, 9.17) is 23.2 Å². The molecule has 18 heavy (non-hydrogen) atoms. The lowest BCUT2D eigenvalue weighted by atomic mass is 10.1. The Morgan fingerprint density at radius 3 is 2.06 bits per heavy atom. The van der Waals surface area contributed by atoms with Crippen molar-refractivity contribution in [1.82, 2.24) is 4.31 Å². The number of nitrogens with zero attached hydrogens (tertiary/aromatic N) is 1. The van der Waals surface area contributed by atoms with Crippen molar-refractivity contribution in [2.45, 2.75) is 24.3 Å².